The fourth-order valence-corrected chi connectivity index (χ4v) is 1.67. The summed E-state index contributed by atoms with van der Waals surface area (Å²) in [4.78, 5) is 2.06. The van der Waals surface area contributed by atoms with Gasteiger partial charge in [-0.1, -0.05) is 12.1 Å². The molecule has 2 aromatic carbocycles. The minimum atomic E-state index is 0.274. The van der Waals surface area contributed by atoms with Crippen LogP contribution in [-0.2, 0) is 0 Å². The molecule has 0 atom stereocenters. The van der Waals surface area contributed by atoms with E-state index in [1.54, 1.807) is 12.1 Å². The summed E-state index contributed by atoms with van der Waals surface area (Å²) in [6.45, 7) is 0. The first-order valence-corrected chi connectivity index (χ1v) is 5.49. The van der Waals surface area contributed by atoms with Gasteiger partial charge in [0.2, 0.25) is 0 Å². The van der Waals surface area contributed by atoms with E-state index >= 15 is 0 Å². The van der Waals surface area contributed by atoms with Gasteiger partial charge < -0.3 is 15.3 Å². The van der Waals surface area contributed by atoms with Crippen LogP contribution in [0, 0.1) is 0 Å². The number of hydrogen-bond donors (Lipinski definition) is 2. The fourth-order valence-electron chi connectivity index (χ4n) is 1.67. The Labute approximate surface area is 101 Å². The molecule has 0 fully saturated rings. The number of phenolic OH excluding ortho intramolecular Hbond substituents is 1. The highest BCUT2D eigenvalue weighted by atomic mass is 16.3. The first kappa shape index (κ1) is 11.3. The van der Waals surface area contributed by atoms with Gasteiger partial charge in [-0.25, -0.2) is 0 Å². The summed E-state index contributed by atoms with van der Waals surface area (Å²) in [6.07, 6.45) is 0. The first-order valence-electron chi connectivity index (χ1n) is 5.49. The highest BCUT2D eigenvalue weighted by molar-refractivity contribution is 5.74. The molecule has 0 radical (unpaired) electrons. The molecular weight excluding hydrogens is 212 g/mol. The van der Waals surface area contributed by atoms with E-state index in [2.05, 4.69) is 16.3 Å². The Hall–Kier alpha value is -2.16. The maximum Gasteiger partial charge on any atom is 0.115 e. The van der Waals surface area contributed by atoms with Crippen molar-refractivity contribution in [2.24, 2.45) is 0 Å². The first-order chi connectivity index (χ1) is 8.16. The van der Waals surface area contributed by atoms with Crippen LogP contribution in [0.25, 0.3) is 0 Å². The molecule has 0 saturated heterocycles. The third-order valence-corrected chi connectivity index (χ3v) is 2.53. The van der Waals surface area contributed by atoms with Crippen molar-refractivity contribution in [1.29, 1.82) is 0 Å². The number of anilines is 3. The van der Waals surface area contributed by atoms with Gasteiger partial charge in [0.25, 0.3) is 0 Å². The van der Waals surface area contributed by atoms with E-state index in [0.29, 0.717) is 0 Å². The Morgan fingerprint density at radius 3 is 2.24 bits per heavy atom. The Morgan fingerprint density at radius 1 is 0.941 bits per heavy atom. The van der Waals surface area contributed by atoms with Crippen LogP contribution in [0.15, 0.2) is 48.5 Å². The zero-order chi connectivity index (χ0) is 12.3. The van der Waals surface area contributed by atoms with Crippen molar-refractivity contribution in [2.45, 2.75) is 0 Å². The van der Waals surface area contributed by atoms with Crippen molar-refractivity contribution in [3.8, 4) is 5.75 Å². The lowest BCUT2D eigenvalue weighted by atomic mass is 10.2. The summed E-state index contributed by atoms with van der Waals surface area (Å²) >= 11 is 0. The maximum atomic E-state index is 9.23. The number of nitrogens with one attached hydrogen (secondary N) is 1. The second kappa shape index (κ2) is 4.78. The summed E-state index contributed by atoms with van der Waals surface area (Å²) in [5.41, 5.74) is 3.13. The topological polar surface area (TPSA) is 35.5 Å². The van der Waals surface area contributed by atoms with Crippen LogP contribution in [0.5, 0.6) is 5.75 Å². The molecule has 0 heterocycles. The highest BCUT2D eigenvalue weighted by Crippen LogP contribution is 2.27. The summed E-state index contributed by atoms with van der Waals surface area (Å²) in [7, 11) is 4.02. The van der Waals surface area contributed by atoms with Crippen molar-refractivity contribution in [3.63, 3.8) is 0 Å². The average molecular weight is 228 g/mol. The van der Waals surface area contributed by atoms with Gasteiger partial charge in [0.15, 0.2) is 0 Å². The summed E-state index contributed by atoms with van der Waals surface area (Å²) < 4.78 is 0. The van der Waals surface area contributed by atoms with Gasteiger partial charge >= 0.3 is 0 Å². The van der Waals surface area contributed by atoms with Gasteiger partial charge in [0, 0.05) is 19.8 Å². The van der Waals surface area contributed by atoms with Crippen molar-refractivity contribution in [3.05, 3.63) is 48.5 Å². The molecule has 3 heteroatoms. The number of aromatic hydroxyl groups is 1. The number of nitrogens with zero attached hydrogens (tertiary/aromatic N) is 1. The molecule has 0 amide bonds. The van der Waals surface area contributed by atoms with E-state index in [1.807, 2.05) is 44.4 Å². The summed E-state index contributed by atoms with van der Waals surface area (Å²) in [6, 6.07) is 15.1. The van der Waals surface area contributed by atoms with Crippen LogP contribution < -0.4 is 10.2 Å². The quantitative estimate of drug-likeness (QED) is 0.792. The van der Waals surface area contributed by atoms with E-state index < -0.39 is 0 Å². The van der Waals surface area contributed by atoms with Crippen molar-refractivity contribution < 1.29 is 5.11 Å². The molecule has 3 nitrogen and oxygen atoms in total. The highest BCUT2D eigenvalue weighted by Gasteiger charge is 2.03. The van der Waals surface area contributed by atoms with Crippen molar-refractivity contribution >= 4 is 17.1 Å². The van der Waals surface area contributed by atoms with Crippen LogP contribution in [-0.4, -0.2) is 19.2 Å². The lowest BCUT2D eigenvalue weighted by Gasteiger charge is -2.18. The predicted molar refractivity (Wildman–Crippen MR) is 72.2 cm³/mol. The second-order valence-electron chi connectivity index (χ2n) is 4.08. The number of hydrogen-bond acceptors (Lipinski definition) is 3. The van der Waals surface area contributed by atoms with Gasteiger partial charge in [0.05, 0.1) is 11.4 Å². The molecular formula is C14H16N2O. The molecule has 0 bridgehead atoms. The normalized spacial score (nSPS) is 10.0. The molecule has 2 rings (SSSR count). The minimum absolute atomic E-state index is 0.274. The minimum Gasteiger partial charge on any atom is -0.508 e. The van der Waals surface area contributed by atoms with Gasteiger partial charge in [-0.3, -0.25) is 0 Å². The van der Waals surface area contributed by atoms with Crippen molar-refractivity contribution in [2.75, 3.05) is 24.3 Å². The molecule has 0 aromatic heterocycles. The Balaban J connectivity index is 2.26. The molecule has 0 aliphatic rings. The molecule has 2 N–H and O–H groups in total. The fraction of sp³-hybridized carbons (Fsp3) is 0.143. The number of phenols is 1. The molecule has 0 unspecified atom stereocenters. The van der Waals surface area contributed by atoms with Crippen LogP contribution in [0.3, 0.4) is 0 Å². The number of para-hydroxylation sites is 2. The van der Waals surface area contributed by atoms with E-state index in [0.717, 1.165) is 17.1 Å². The van der Waals surface area contributed by atoms with Gasteiger partial charge in [-0.15, -0.1) is 0 Å². The third-order valence-electron chi connectivity index (χ3n) is 2.53. The largest absolute Gasteiger partial charge is 0.508 e. The van der Waals surface area contributed by atoms with Crippen LogP contribution in [0.1, 0.15) is 0 Å². The summed E-state index contributed by atoms with van der Waals surface area (Å²) in [5, 5.41) is 12.6. The van der Waals surface area contributed by atoms with E-state index in [4.69, 9.17) is 0 Å². The smallest absolute Gasteiger partial charge is 0.115 e. The Morgan fingerprint density at radius 2 is 1.59 bits per heavy atom. The molecule has 0 spiro atoms. The molecule has 0 saturated carbocycles. The average Bonchev–Trinajstić information content (AvgIpc) is 2.32. The lowest BCUT2D eigenvalue weighted by Crippen LogP contribution is -2.10. The Bertz CT molecular complexity index is 492. The number of benzene rings is 2. The van der Waals surface area contributed by atoms with Gasteiger partial charge in [-0.05, 0) is 36.4 Å². The van der Waals surface area contributed by atoms with Crippen LogP contribution in [0.4, 0.5) is 17.1 Å². The zero-order valence-electron chi connectivity index (χ0n) is 10.0. The van der Waals surface area contributed by atoms with Crippen LogP contribution in [0.2, 0.25) is 0 Å². The standard InChI is InChI=1S/C14H16N2O/c1-16(2)14-6-4-3-5-13(14)15-11-7-9-12(17)10-8-11/h3-10,15,17H,1-2H3. The number of rotatable bonds is 3. The third kappa shape index (κ3) is 2.69. The van der Waals surface area contributed by atoms with E-state index in [-0.39, 0.29) is 5.75 Å². The van der Waals surface area contributed by atoms with Crippen LogP contribution >= 0.6 is 0 Å². The predicted octanol–water partition coefficient (Wildman–Crippen LogP) is 3.20. The molecule has 0 aliphatic carbocycles. The van der Waals surface area contributed by atoms with Gasteiger partial charge in [-0.2, -0.15) is 0 Å². The zero-order valence-corrected chi connectivity index (χ0v) is 10.0. The Kier molecular flexibility index (Phi) is 3.19. The lowest BCUT2D eigenvalue weighted by molar-refractivity contribution is 0.475. The van der Waals surface area contributed by atoms with E-state index in [1.165, 1.54) is 0 Å². The summed E-state index contributed by atoms with van der Waals surface area (Å²) in [5.74, 6) is 0.274. The SMILES string of the molecule is CN(C)c1ccccc1Nc1ccc(O)cc1. The van der Waals surface area contributed by atoms with Crippen molar-refractivity contribution in [1.82, 2.24) is 0 Å². The monoisotopic (exact) mass is 228 g/mol. The van der Waals surface area contributed by atoms with E-state index in [9.17, 15) is 5.11 Å². The molecule has 2 aromatic rings. The maximum absolute atomic E-state index is 9.23. The molecule has 17 heavy (non-hydrogen) atoms. The molecule has 0 aliphatic heterocycles. The molecule has 88 valence electrons. The second-order valence-corrected chi connectivity index (χ2v) is 4.08. The van der Waals surface area contributed by atoms with Gasteiger partial charge in [0.1, 0.15) is 5.75 Å².